The van der Waals surface area contributed by atoms with Gasteiger partial charge in [-0.2, -0.15) is 0 Å². The zero-order valence-corrected chi connectivity index (χ0v) is 20.3. The Morgan fingerprint density at radius 2 is 1.91 bits per heavy atom. The number of piperidine rings is 1. The van der Waals surface area contributed by atoms with E-state index in [4.69, 9.17) is 4.42 Å². The molecule has 0 saturated carbocycles. The first-order valence-corrected chi connectivity index (χ1v) is 12.4. The van der Waals surface area contributed by atoms with E-state index in [9.17, 15) is 9.59 Å². The molecule has 1 fully saturated rings. The molecule has 0 unspecified atom stereocenters. The SMILES string of the molecule is CC(C)(C)c1ccccc1NC(=O)c1csc(C2CCN(C(=O)CCc3ccco3)CC2)n1. The van der Waals surface area contributed by atoms with Crippen LogP contribution in [0.1, 0.15) is 72.8 Å². The summed E-state index contributed by atoms with van der Waals surface area (Å²) in [7, 11) is 0. The molecule has 2 amide bonds. The summed E-state index contributed by atoms with van der Waals surface area (Å²) in [6.45, 7) is 7.84. The van der Waals surface area contributed by atoms with Crippen molar-refractivity contribution < 1.29 is 14.0 Å². The molecule has 1 saturated heterocycles. The van der Waals surface area contributed by atoms with Gasteiger partial charge in [0.05, 0.1) is 11.3 Å². The highest BCUT2D eigenvalue weighted by molar-refractivity contribution is 7.10. The molecule has 33 heavy (non-hydrogen) atoms. The number of nitrogens with zero attached hydrogens (tertiary/aromatic N) is 2. The summed E-state index contributed by atoms with van der Waals surface area (Å²) >= 11 is 1.54. The number of amides is 2. The zero-order chi connectivity index (χ0) is 23.4. The lowest BCUT2D eigenvalue weighted by atomic mass is 9.86. The molecule has 3 heterocycles. The fourth-order valence-corrected chi connectivity index (χ4v) is 5.20. The number of aryl methyl sites for hydroxylation is 1. The summed E-state index contributed by atoms with van der Waals surface area (Å²) < 4.78 is 5.32. The first-order valence-electron chi connectivity index (χ1n) is 11.5. The number of aromatic nitrogens is 1. The smallest absolute Gasteiger partial charge is 0.275 e. The van der Waals surface area contributed by atoms with Crippen molar-refractivity contribution in [3.63, 3.8) is 0 Å². The van der Waals surface area contributed by atoms with Crippen molar-refractivity contribution in [2.24, 2.45) is 0 Å². The molecule has 0 atom stereocenters. The highest BCUT2D eigenvalue weighted by atomic mass is 32.1. The molecular weight excluding hydrogens is 434 g/mol. The Morgan fingerprint density at radius 3 is 2.61 bits per heavy atom. The summed E-state index contributed by atoms with van der Waals surface area (Å²) in [5, 5.41) is 5.86. The number of hydrogen-bond donors (Lipinski definition) is 1. The third-order valence-corrected chi connectivity index (χ3v) is 7.11. The Bertz CT molecular complexity index is 1090. The van der Waals surface area contributed by atoms with Gasteiger partial charge in [0.1, 0.15) is 11.5 Å². The number of rotatable bonds is 6. The minimum atomic E-state index is -0.181. The number of furan rings is 1. The number of nitrogens with one attached hydrogen (secondary N) is 1. The van der Waals surface area contributed by atoms with Crippen molar-refractivity contribution in [1.29, 1.82) is 0 Å². The normalized spacial score (nSPS) is 14.9. The van der Waals surface area contributed by atoms with Crippen molar-refractivity contribution in [3.8, 4) is 0 Å². The lowest BCUT2D eigenvalue weighted by Crippen LogP contribution is -2.38. The van der Waals surface area contributed by atoms with Crippen LogP contribution in [0.15, 0.2) is 52.5 Å². The Labute approximate surface area is 199 Å². The lowest BCUT2D eigenvalue weighted by molar-refractivity contribution is -0.132. The van der Waals surface area contributed by atoms with Gasteiger partial charge in [0.15, 0.2) is 0 Å². The predicted molar refractivity (Wildman–Crippen MR) is 131 cm³/mol. The van der Waals surface area contributed by atoms with Gasteiger partial charge < -0.3 is 14.6 Å². The maximum Gasteiger partial charge on any atom is 0.275 e. The number of benzene rings is 1. The number of carbonyl (C=O) groups excluding carboxylic acids is 2. The van der Waals surface area contributed by atoms with Crippen LogP contribution in [0.5, 0.6) is 0 Å². The summed E-state index contributed by atoms with van der Waals surface area (Å²) in [5.41, 5.74) is 2.31. The van der Waals surface area contributed by atoms with E-state index in [1.54, 1.807) is 6.26 Å². The average molecular weight is 466 g/mol. The van der Waals surface area contributed by atoms with E-state index in [1.165, 1.54) is 11.3 Å². The quantitative estimate of drug-likeness (QED) is 0.512. The van der Waals surface area contributed by atoms with Crippen LogP contribution in [-0.4, -0.2) is 34.8 Å². The summed E-state index contributed by atoms with van der Waals surface area (Å²) in [4.78, 5) is 32.0. The molecule has 1 aromatic carbocycles. The van der Waals surface area contributed by atoms with Gasteiger partial charge >= 0.3 is 0 Å². The van der Waals surface area contributed by atoms with Crippen molar-refractivity contribution in [1.82, 2.24) is 9.88 Å². The Hall–Kier alpha value is -2.93. The fraction of sp³-hybridized carbons (Fsp3) is 0.423. The molecule has 1 aliphatic heterocycles. The summed E-state index contributed by atoms with van der Waals surface area (Å²) in [5.74, 6) is 1.12. The number of anilines is 1. The third kappa shape index (κ3) is 5.71. The summed E-state index contributed by atoms with van der Waals surface area (Å²) in [6, 6.07) is 11.6. The number of carbonyl (C=O) groups is 2. The van der Waals surface area contributed by atoms with Gasteiger partial charge in [0, 0.05) is 42.9 Å². The van der Waals surface area contributed by atoms with Crippen LogP contribution < -0.4 is 5.32 Å². The van der Waals surface area contributed by atoms with Crippen LogP contribution in [0.25, 0.3) is 0 Å². The zero-order valence-electron chi connectivity index (χ0n) is 19.5. The first-order chi connectivity index (χ1) is 15.8. The Balaban J connectivity index is 1.32. The third-order valence-electron chi connectivity index (χ3n) is 6.10. The number of thiazole rings is 1. The molecule has 4 rings (SSSR count). The van der Waals surface area contributed by atoms with Gasteiger partial charge in [-0.25, -0.2) is 4.98 Å². The second kappa shape index (κ2) is 9.91. The van der Waals surface area contributed by atoms with E-state index in [0.717, 1.165) is 47.9 Å². The van der Waals surface area contributed by atoms with Crippen LogP contribution in [0.2, 0.25) is 0 Å². The van der Waals surface area contributed by atoms with Crippen LogP contribution >= 0.6 is 11.3 Å². The van der Waals surface area contributed by atoms with Crippen molar-refractivity contribution >= 4 is 28.8 Å². The predicted octanol–water partition coefficient (Wildman–Crippen LogP) is 5.62. The highest BCUT2D eigenvalue weighted by Crippen LogP contribution is 2.32. The minimum absolute atomic E-state index is 0.0690. The molecule has 0 aliphatic carbocycles. The van der Waals surface area contributed by atoms with Crippen molar-refractivity contribution in [2.75, 3.05) is 18.4 Å². The van der Waals surface area contributed by atoms with Gasteiger partial charge in [0.25, 0.3) is 5.91 Å². The molecule has 7 heteroatoms. The molecule has 0 bridgehead atoms. The maximum atomic E-state index is 12.9. The van der Waals surface area contributed by atoms with Gasteiger partial charge in [-0.1, -0.05) is 39.0 Å². The van der Waals surface area contributed by atoms with Crippen molar-refractivity contribution in [2.45, 2.75) is 57.8 Å². The van der Waals surface area contributed by atoms with Gasteiger partial charge in [-0.15, -0.1) is 11.3 Å². The topological polar surface area (TPSA) is 75.4 Å². The van der Waals surface area contributed by atoms with E-state index in [1.807, 2.05) is 46.7 Å². The highest BCUT2D eigenvalue weighted by Gasteiger charge is 2.27. The number of para-hydroxylation sites is 1. The summed E-state index contributed by atoms with van der Waals surface area (Å²) in [6.07, 6.45) is 4.48. The van der Waals surface area contributed by atoms with Gasteiger partial charge in [0.2, 0.25) is 5.91 Å². The lowest BCUT2D eigenvalue weighted by Gasteiger charge is -2.31. The number of hydrogen-bond acceptors (Lipinski definition) is 5. The molecule has 3 aromatic rings. The molecule has 1 aliphatic rings. The van der Waals surface area contributed by atoms with Crippen molar-refractivity contribution in [3.05, 3.63) is 70.1 Å². The largest absolute Gasteiger partial charge is 0.469 e. The van der Waals surface area contributed by atoms with Crippen LogP contribution in [-0.2, 0) is 16.6 Å². The second-order valence-corrected chi connectivity index (χ2v) is 10.4. The second-order valence-electron chi connectivity index (χ2n) is 9.56. The molecular formula is C26H31N3O3S. The maximum absolute atomic E-state index is 12.9. The van der Waals surface area contributed by atoms with Crippen LogP contribution in [0, 0.1) is 0 Å². The van der Waals surface area contributed by atoms with E-state index in [0.29, 0.717) is 18.5 Å². The van der Waals surface area contributed by atoms with E-state index in [2.05, 4.69) is 31.1 Å². The molecule has 2 aromatic heterocycles. The van der Waals surface area contributed by atoms with Gasteiger partial charge in [-0.3, -0.25) is 9.59 Å². The van der Waals surface area contributed by atoms with E-state index in [-0.39, 0.29) is 23.1 Å². The number of likely N-dealkylation sites (tertiary alicyclic amines) is 1. The van der Waals surface area contributed by atoms with E-state index >= 15 is 0 Å². The molecule has 0 spiro atoms. The van der Waals surface area contributed by atoms with Gasteiger partial charge in [-0.05, 0) is 42.0 Å². The molecule has 0 radical (unpaired) electrons. The Morgan fingerprint density at radius 1 is 1.15 bits per heavy atom. The molecule has 1 N–H and O–H groups in total. The standard InChI is InChI=1S/C26H31N3O3S/c1-26(2,3)20-8-4-5-9-21(20)27-24(31)22-17-33-25(28-22)18-12-14-29(15-13-18)23(30)11-10-19-7-6-16-32-19/h4-9,16-18H,10-15H2,1-3H3,(H,27,31). The van der Waals surface area contributed by atoms with E-state index < -0.39 is 0 Å². The molecule has 174 valence electrons. The Kier molecular flexibility index (Phi) is 6.98. The molecule has 6 nitrogen and oxygen atoms in total. The van der Waals surface area contributed by atoms with Crippen LogP contribution in [0.3, 0.4) is 0 Å². The first kappa shape index (κ1) is 23.2. The average Bonchev–Trinajstić information content (AvgIpc) is 3.50. The monoisotopic (exact) mass is 465 g/mol. The fourth-order valence-electron chi connectivity index (χ4n) is 4.23. The van der Waals surface area contributed by atoms with Crippen LogP contribution in [0.4, 0.5) is 5.69 Å². The minimum Gasteiger partial charge on any atom is -0.469 e.